The van der Waals surface area contributed by atoms with Crippen LogP contribution in [0.5, 0.6) is 0 Å². The zero-order valence-corrected chi connectivity index (χ0v) is 18.3. The van der Waals surface area contributed by atoms with Gasteiger partial charge in [0, 0.05) is 24.2 Å². The maximum atomic E-state index is 12.7. The molecule has 1 amide bonds. The first-order chi connectivity index (χ1) is 13.2. The topological polar surface area (TPSA) is 120 Å². The molecular weight excluding hydrogens is 414 g/mol. The highest BCUT2D eigenvalue weighted by atomic mass is 35.5. The van der Waals surface area contributed by atoms with Gasteiger partial charge in [-0.05, 0) is 45.4 Å². The van der Waals surface area contributed by atoms with Gasteiger partial charge in [0.1, 0.15) is 5.82 Å². The first-order valence-corrected chi connectivity index (χ1v) is 10.5. The highest BCUT2D eigenvalue weighted by molar-refractivity contribution is 7.92. The molecule has 10 heteroatoms. The Morgan fingerprint density at radius 1 is 1.31 bits per heavy atom. The minimum atomic E-state index is -3.50. The van der Waals surface area contributed by atoms with Crippen LogP contribution in [0.15, 0.2) is 35.5 Å². The molecule has 0 bridgehead atoms. The van der Waals surface area contributed by atoms with Gasteiger partial charge in [0.15, 0.2) is 9.84 Å². The number of carbonyl (C=O) groups excluding carboxylic acids is 1. The fourth-order valence-electron chi connectivity index (χ4n) is 3.02. The molecule has 0 aliphatic rings. The summed E-state index contributed by atoms with van der Waals surface area (Å²) in [5, 5.41) is 7.34. The Morgan fingerprint density at radius 3 is 2.59 bits per heavy atom. The van der Waals surface area contributed by atoms with E-state index in [1.165, 1.54) is 6.20 Å². The molecule has 0 fully saturated rings. The standard InChI is InChI=1S/C19H23N5O3S.ClH/c1-5-24-16(6-7-22-24)23-18-14-9-13(28(26,27)11(2)3)8-12(4)17(14)21-10-15(18)19(20)25;/h6-11H,5H2,1-4H3,(H2,20,25)(H,21,23);1H. The lowest BCUT2D eigenvalue weighted by Gasteiger charge is -2.16. The number of nitrogens with one attached hydrogen (secondary N) is 1. The molecule has 156 valence electrons. The van der Waals surface area contributed by atoms with Gasteiger partial charge in [-0.2, -0.15) is 5.10 Å². The van der Waals surface area contributed by atoms with Gasteiger partial charge in [-0.25, -0.2) is 13.1 Å². The summed E-state index contributed by atoms with van der Waals surface area (Å²) in [6.07, 6.45) is 3.04. The summed E-state index contributed by atoms with van der Waals surface area (Å²) in [6.45, 7) is 7.61. The molecule has 0 radical (unpaired) electrons. The maximum Gasteiger partial charge on any atom is 0.252 e. The van der Waals surface area contributed by atoms with Crippen LogP contribution in [-0.2, 0) is 16.4 Å². The third-order valence-electron chi connectivity index (χ3n) is 4.62. The van der Waals surface area contributed by atoms with Crippen LogP contribution in [-0.4, -0.2) is 34.3 Å². The van der Waals surface area contributed by atoms with Crippen molar-refractivity contribution in [3.05, 3.63) is 41.7 Å². The van der Waals surface area contributed by atoms with Crippen molar-refractivity contribution >= 4 is 50.6 Å². The number of fused-ring (bicyclic) bond motifs is 1. The third kappa shape index (κ3) is 4.06. The first-order valence-electron chi connectivity index (χ1n) is 8.92. The Hall–Kier alpha value is -2.65. The summed E-state index contributed by atoms with van der Waals surface area (Å²) in [5.41, 5.74) is 7.43. The number of aromatic nitrogens is 3. The van der Waals surface area contributed by atoms with Crippen molar-refractivity contribution < 1.29 is 13.2 Å². The highest BCUT2D eigenvalue weighted by Crippen LogP contribution is 2.33. The molecule has 3 rings (SSSR count). The number of halogens is 1. The largest absolute Gasteiger partial charge is 0.365 e. The van der Waals surface area contributed by atoms with Crippen LogP contribution in [0.3, 0.4) is 0 Å². The van der Waals surface area contributed by atoms with Crippen LogP contribution < -0.4 is 11.1 Å². The van der Waals surface area contributed by atoms with Crippen molar-refractivity contribution in [2.75, 3.05) is 5.32 Å². The highest BCUT2D eigenvalue weighted by Gasteiger charge is 2.23. The molecule has 29 heavy (non-hydrogen) atoms. The molecule has 0 saturated heterocycles. The fraction of sp³-hybridized carbons (Fsp3) is 0.316. The van der Waals surface area contributed by atoms with Crippen LogP contribution >= 0.6 is 12.4 Å². The summed E-state index contributed by atoms with van der Waals surface area (Å²) in [7, 11) is -3.50. The minimum absolute atomic E-state index is 0. The maximum absolute atomic E-state index is 12.7. The van der Waals surface area contributed by atoms with E-state index < -0.39 is 21.0 Å². The Morgan fingerprint density at radius 2 is 2.00 bits per heavy atom. The van der Waals surface area contributed by atoms with Crippen molar-refractivity contribution in [3.63, 3.8) is 0 Å². The molecule has 0 aliphatic heterocycles. The number of rotatable bonds is 6. The summed E-state index contributed by atoms with van der Waals surface area (Å²) in [6, 6.07) is 4.92. The Bertz CT molecular complexity index is 1170. The second-order valence-electron chi connectivity index (χ2n) is 6.80. The van der Waals surface area contributed by atoms with E-state index in [-0.39, 0.29) is 22.9 Å². The molecule has 0 aliphatic carbocycles. The number of sulfone groups is 1. The lowest BCUT2D eigenvalue weighted by Crippen LogP contribution is -2.16. The van der Waals surface area contributed by atoms with E-state index in [4.69, 9.17) is 5.73 Å². The molecule has 3 aromatic rings. The van der Waals surface area contributed by atoms with Gasteiger partial charge >= 0.3 is 0 Å². The number of nitrogens with two attached hydrogens (primary N) is 1. The molecule has 0 saturated carbocycles. The zero-order valence-electron chi connectivity index (χ0n) is 16.6. The van der Waals surface area contributed by atoms with Crippen LogP contribution in [0, 0.1) is 6.92 Å². The second-order valence-corrected chi connectivity index (χ2v) is 9.30. The number of primary amides is 1. The van der Waals surface area contributed by atoms with Gasteiger partial charge in [0.25, 0.3) is 5.91 Å². The van der Waals surface area contributed by atoms with E-state index in [9.17, 15) is 13.2 Å². The monoisotopic (exact) mass is 437 g/mol. The number of amides is 1. The molecule has 3 N–H and O–H groups in total. The molecular formula is C19H24ClN5O3S. The van der Waals surface area contributed by atoms with E-state index in [0.717, 1.165) is 0 Å². The Kier molecular flexibility index (Phi) is 6.54. The van der Waals surface area contributed by atoms with Gasteiger partial charge in [0.2, 0.25) is 0 Å². The number of hydrogen-bond acceptors (Lipinski definition) is 6. The molecule has 0 spiro atoms. The number of benzene rings is 1. The lowest BCUT2D eigenvalue weighted by atomic mass is 10.1. The summed E-state index contributed by atoms with van der Waals surface area (Å²) < 4.78 is 27.2. The van der Waals surface area contributed by atoms with Crippen molar-refractivity contribution in [3.8, 4) is 0 Å². The summed E-state index contributed by atoms with van der Waals surface area (Å²) in [4.78, 5) is 16.6. The Labute approximate surface area is 175 Å². The molecule has 0 unspecified atom stereocenters. The zero-order chi connectivity index (χ0) is 20.6. The predicted octanol–water partition coefficient (Wildman–Crippen LogP) is 3.21. The number of aryl methyl sites for hydroxylation is 2. The van der Waals surface area contributed by atoms with Crippen LogP contribution in [0.2, 0.25) is 0 Å². The number of nitrogens with zero attached hydrogens (tertiary/aromatic N) is 3. The van der Waals surface area contributed by atoms with Crippen molar-refractivity contribution in [2.45, 2.75) is 44.4 Å². The quantitative estimate of drug-likeness (QED) is 0.610. The number of carbonyl (C=O) groups is 1. The lowest BCUT2D eigenvalue weighted by molar-refractivity contribution is 0.100. The van der Waals surface area contributed by atoms with Crippen molar-refractivity contribution in [2.24, 2.45) is 5.73 Å². The average molecular weight is 438 g/mol. The van der Waals surface area contributed by atoms with Gasteiger partial charge in [0.05, 0.1) is 33.1 Å². The summed E-state index contributed by atoms with van der Waals surface area (Å²) in [5.74, 6) is 0.00140. The molecule has 1 aromatic carbocycles. The number of anilines is 2. The van der Waals surface area contributed by atoms with Crippen LogP contribution in [0.4, 0.5) is 11.5 Å². The van der Waals surface area contributed by atoms with E-state index >= 15 is 0 Å². The fourth-order valence-corrected chi connectivity index (χ4v) is 4.19. The predicted molar refractivity (Wildman–Crippen MR) is 116 cm³/mol. The van der Waals surface area contributed by atoms with Crippen molar-refractivity contribution in [1.29, 1.82) is 0 Å². The Balaban J connectivity index is 0.00000300. The van der Waals surface area contributed by atoms with Crippen LogP contribution in [0.1, 0.15) is 36.7 Å². The van der Waals surface area contributed by atoms with Gasteiger partial charge in [-0.15, -0.1) is 12.4 Å². The second kappa shape index (κ2) is 8.38. The SMILES string of the molecule is CCn1nccc1Nc1c(C(N)=O)cnc2c(C)cc(S(=O)(=O)C(C)C)cc12.Cl. The molecule has 2 heterocycles. The summed E-state index contributed by atoms with van der Waals surface area (Å²) >= 11 is 0. The third-order valence-corrected chi connectivity index (χ3v) is 6.75. The van der Waals surface area contributed by atoms with E-state index in [1.807, 2.05) is 6.92 Å². The van der Waals surface area contributed by atoms with Crippen LogP contribution in [0.25, 0.3) is 10.9 Å². The minimum Gasteiger partial charge on any atom is -0.365 e. The number of pyridine rings is 1. The van der Waals surface area contributed by atoms with E-state index in [1.54, 1.807) is 49.8 Å². The smallest absolute Gasteiger partial charge is 0.252 e. The van der Waals surface area contributed by atoms with Gasteiger partial charge in [-0.1, -0.05) is 0 Å². The molecule has 0 atom stereocenters. The molecule has 2 aromatic heterocycles. The molecule has 8 nitrogen and oxygen atoms in total. The van der Waals surface area contributed by atoms with E-state index in [0.29, 0.717) is 34.5 Å². The first kappa shape index (κ1) is 22.6. The van der Waals surface area contributed by atoms with Gasteiger partial charge < -0.3 is 11.1 Å². The van der Waals surface area contributed by atoms with Crippen molar-refractivity contribution in [1.82, 2.24) is 14.8 Å². The van der Waals surface area contributed by atoms with Gasteiger partial charge in [-0.3, -0.25) is 9.78 Å². The van der Waals surface area contributed by atoms with E-state index in [2.05, 4.69) is 15.4 Å². The average Bonchev–Trinajstić information content (AvgIpc) is 3.08. The number of hydrogen-bond donors (Lipinski definition) is 2. The normalized spacial score (nSPS) is 11.5.